The van der Waals surface area contributed by atoms with E-state index in [1.165, 1.54) is 5.69 Å². The first-order valence-corrected chi connectivity index (χ1v) is 13.1. The van der Waals surface area contributed by atoms with Crippen molar-refractivity contribution in [2.45, 2.75) is 12.5 Å². The summed E-state index contributed by atoms with van der Waals surface area (Å²) in [6.07, 6.45) is 2.62. The Labute approximate surface area is 223 Å². The average molecular weight is 509 g/mol. The summed E-state index contributed by atoms with van der Waals surface area (Å²) < 4.78 is 6.06. The van der Waals surface area contributed by atoms with Gasteiger partial charge in [0.25, 0.3) is 0 Å². The van der Waals surface area contributed by atoms with Crippen LogP contribution in [0.2, 0.25) is 0 Å². The normalized spacial score (nSPS) is 18.0. The van der Waals surface area contributed by atoms with Crippen molar-refractivity contribution in [1.82, 2.24) is 14.9 Å². The second kappa shape index (κ2) is 11.1. The second-order valence-corrected chi connectivity index (χ2v) is 9.65. The van der Waals surface area contributed by atoms with Crippen LogP contribution in [0.1, 0.15) is 18.0 Å². The molecule has 0 bridgehead atoms. The van der Waals surface area contributed by atoms with Gasteiger partial charge in [0.1, 0.15) is 11.5 Å². The molecular weight excluding hydrogens is 476 g/mol. The summed E-state index contributed by atoms with van der Waals surface area (Å²) in [6.45, 7) is 4.89. The Morgan fingerprint density at radius 1 is 0.868 bits per heavy atom. The number of likely N-dealkylation sites (N-methyl/N-ethyl adjacent to an activating group) is 1. The van der Waals surface area contributed by atoms with Crippen molar-refractivity contribution < 1.29 is 9.57 Å². The van der Waals surface area contributed by atoms with Gasteiger partial charge in [-0.25, -0.2) is 10.0 Å². The molecule has 8 heteroatoms. The van der Waals surface area contributed by atoms with Gasteiger partial charge < -0.3 is 19.9 Å². The number of para-hydroxylation sites is 1. The summed E-state index contributed by atoms with van der Waals surface area (Å²) in [5, 5.41) is 5.22. The smallest absolute Gasteiger partial charge is 0.229 e. The van der Waals surface area contributed by atoms with Crippen LogP contribution >= 0.6 is 0 Å². The maximum absolute atomic E-state index is 6.06. The van der Waals surface area contributed by atoms with Crippen LogP contribution in [0.15, 0.2) is 91.1 Å². The van der Waals surface area contributed by atoms with E-state index in [4.69, 9.17) is 14.6 Å². The van der Waals surface area contributed by atoms with Crippen LogP contribution in [0.3, 0.4) is 0 Å². The summed E-state index contributed by atoms with van der Waals surface area (Å²) in [5.41, 5.74) is 3.30. The molecule has 0 saturated carbocycles. The number of hydrogen-bond donors (Lipinski definition) is 1. The molecule has 194 valence electrons. The molecule has 1 atom stereocenters. The lowest BCUT2D eigenvalue weighted by atomic mass is 10.0. The van der Waals surface area contributed by atoms with Crippen molar-refractivity contribution in [3.05, 3.63) is 96.7 Å². The van der Waals surface area contributed by atoms with E-state index in [2.05, 4.69) is 63.5 Å². The number of rotatable bonds is 7. The molecule has 4 aromatic rings. The van der Waals surface area contributed by atoms with Crippen molar-refractivity contribution in [3.63, 3.8) is 0 Å². The fourth-order valence-electron chi connectivity index (χ4n) is 4.89. The lowest BCUT2D eigenvalue weighted by Gasteiger charge is -2.34. The standard InChI is InChI=1S/C30H32N6O2/c1-34-17-19-35(20-18-34)25-12-10-24(11-13-25)32-30-31-16-14-29(33-30)36-28(15-21-37-36)23-6-5-9-27(22-23)38-26-7-3-2-4-8-26/h2-14,16,22,28H,15,17-21H2,1H3,(H,31,32,33). The van der Waals surface area contributed by atoms with E-state index in [0.29, 0.717) is 18.4 Å². The monoisotopic (exact) mass is 508 g/mol. The Kier molecular flexibility index (Phi) is 7.06. The zero-order chi connectivity index (χ0) is 25.7. The minimum Gasteiger partial charge on any atom is -0.457 e. The molecule has 38 heavy (non-hydrogen) atoms. The Morgan fingerprint density at radius 3 is 2.47 bits per heavy atom. The quantitative estimate of drug-likeness (QED) is 0.344. The van der Waals surface area contributed by atoms with Gasteiger partial charge in [0, 0.05) is 56.2 Å². The lowest BCUT2D eigenvalue weighted by Crippen LogP contribution is -2.44. The maximum Gasteiger partial charge on any atom is 0.229 e. The van der Waals surface area contributed by atoms with Gasteiger partial charge in [-0.15, -0.1) is 0 Å². The van der Waals surface area contributed by atoms with E-state index < -0.39 is 0 Å². The van der Waals surface area contributed by atoms with E-state index in [0.717, 1.165) is 55.3 Å². The first kappa shape index (κ1) is 24.2. The lowest BCUT2D eigenvalue weighted by molar-refractivity contribution is 0.157. The van der Waals surface area contributed by atoms with E-state index in [1.807, 2.05) is 53.6 Å². The largest absolute Gasteiger partial charge is 0.457 e. The topological polar surface area (TPSA) is 66.0 Å². The van der Waals surface area contributed by atoms with Crippen LogP contribution in [-0.2, 0) is 4.84 Å². The van der Waals surface area contributed by atoms with E-state index >= 15 is 0 Å². The van der Waals surface area contributed by atoms with Gasteiger partial charge in [0.15, 0.2) is 5.82 Å². The van der Waals surface area contributed by atoms with Gasteiger partial charge in [-0.1, -0.05) is 30.3 Å². The number of anilines is 4. The second-order valence-electron chi connectivity index (χ2n) is 9.65. The molecule has 1 aromatic heterocycles. The zero-order valence-electron chi connectivity index (χ0n) is 21.5. The summed E-state index contributed by atoms with van der Waals surface area (Å²) in [6, 6.07) is 28.4. The molecule has 8 nitrogen and oxygen atoms in total. The van der Waals surface area contributed by atoms with Crippen molar-refractivity contribution in [1.29, 1.82) is 0 Å². The summed E-state index contributed by atoms with van der Waals surface area (Å²) in [4.78, 5) is 20.0. The molecule has 2 aliphatic heterocycles. The number of nitrogens with one attached hydrogen (secondary N) is 1. The van der Waals surface area contributed by atoms with Crippen LogP contribution in [0.5, 0.6) is 11.5 Å². The predicted octanol–water partition coefficient (Wildman–Crippen LogP) is 5.65. The van der Waals surface area contributed by atoms with Crippen molar-refractivity contribution in [2.24, 2.45) is 0 Å². The highest BCUT2D eigenvalue weighted by molar-refractivity contribution is 5.60. The number of nitrogens with zero attached hydrogens (tertiary/aromatic N) is 5. The Balaban J connectivity index is 1.15. The minimum absolute atomic E-state index is 0.0277. The van der Waals surface area contributed by atoms with Gasteiger partial charge >= 0.3 is 0 Å². The number of hydroxylamine groups is 1. The predicted molar refractivity (Wildman–Crippen MR) is 150 cm³/mol. The number of hydrogen-bond acceptors (Lipinski definition) is 8. The number of aromatic nitrogens is 2. The van der Waals surface area contributed by atoms with Crippen LogP contribution in [0, 0.1) is 0 Å². The van der Waals surface area contributed by atoms with Gasteiger partial charge in [-0.3, -0.25) is 4.84 Å². The van der Waals surface area contributed by atoms with Gasteiger partial charge in [0.2, 0.25) is 5.95 Å². The highest BCUT2D eigenvalue weighted by atomic mass is 16.7. The third kappa shape index (κ3) is 5.56. The summed E-state index contributed by atoms with van der Waals surface area (Å²) in [5.74, 6) is 2.86. The minimum atomic E-state index is 0.0277. The fraction of sp³-hybridized carbons (Fsp3) is 0.267. The Bertz CT molecular complexity index is 1340. The molecule has 3 aromatic carbocycles. The Morgan fingerprint density at radius 2 is 1.66 bits per heavy atom. The number of piperazine rings is 1. The average Bonchev–Trinajstić information content (AvgIpc) is 3.45. The van der Waals surface area contributed by atoms with Crippen LogP contribution in [0.4, 0.5) is 23.1 Å². The molecule has 0 aliphatic carbocycles. The van der Waals surface area contributed by atoms with Crippen LogP contribution in [0.25, 0.3) is 0 Å². The van der Waals surface area contributed by atoms with Gasteiger partial charge in [-0.2, -0.15) is 4.98 Å². The first-order chi connectivity index (χ1) is 18.7. The Hall–Kier alpha value is -4.14. The molecule has 6 rings (SSSR count). The highest BCUT2D eigenvalue weighted by Crippen LogP contribution is 2.36. The molecule has 2 fully saturated rings. The molecule has 0 radical (unpaired) electrons. The van der Waals surface area contributed by atoms with Crippen molar-refractivity contribution in [3.8, 4) is 11.5 Å². The fourth-order valence-corrected chi connectivity index (χ4v) is 4.89. The van der Waals surface area contributed by atoms with Gasteiger partial charge in [-0.05, 0) is 61.1 Å². The zero-order valence-corrected chi connectivity index (χ0v) is 21.5. The van der Waals surface area contributed by atoms with Gasteiger partial charge in [0.05, 0.1) is 12.6 Å². The molecular formula is C30H32N6O2. The van der Waals surface area contributed by atoms with Crippen molar-refractivity contribution >= 4 is 23.1 Å². The molecule has 0 amide bonds. The van der Waals surface area contributed by atoms with E-state index in [9.17, 15) is 0 Å². The maximum atomic E-state index is 6.06. The van der Waals surface area contributed by atoms with E-state index in [-0.39, 0.29) is 6.04 Å². The molecule has 2 aliphatic rings. The first-order valence-electron chi connectivity index (χ1n) is 13.1. The third-order valence-corrected chi connectivity index (χ3v) is 6.99. The molecule has 0 spiro atoms. The molecule has 2 saturated heterocycles. The third-order valence-electron chi connectivity index (χ3n) is 6.99. The molecule has 1 N–H and O–H groups in total. The molecule has 1 unspecified atom stereocenters. The number of ether oxygens (including phenoxy) is 1. The van der Waals surface area contributed by atoms with Crippen molar-refractivity contribution in [2.75, 3.05) is 55.1 Å². The number of benzene rings is 3. The molecule has 3 heterocycles. The summed E-state index contributed by atoms with van der Waals surface area (Å²) in [7, 11) is 2.17. The van der Waals surface area contributed by atoms with Crippen LogP contribution < -0.4 is 20.0 Å². The van der Waals surface area contributed by atoms with Crippen LogP contribution in [-0.4, -0.2) is 54.7 Å². The van der Waals surface area contributed by atoms with E-state index in [1.54, 1.807) is 6.20 Å². The highest BCUT2D eigenvalue weighted by Gasteiger charge is 2.29. The summed E-state index contributed by atoms with van der Waals surface area (Å²) >= 11 is 0. The SMILES string of the molecule is CN1CCN(c2ccc(Nc3nccc(N4OCCC4c4cccc(Oc5ccccc5)c4)n3)cc2)CC1.